The lowest BCUT2D eigenvalue weighted by atomic mass is 10.1. The number of carbonyl (C=O) groups is 1. The van der Waals surface area contributed by atoms with Crippen LogP contribution in [0.15, 0.2) is 30.3 Å². The summed E-state index contributed by atoms with van der Waals surface area (Å²) in [5.74, 6) is -0.0983. The van der Waals surface area contributed by atoms with Gasteiger partial charge in [-0.1, -0.05) is 30.3 Å². The van der Waals surface area contributed by atoms with Crippen LogP contribution in [0.4, 0.5) is 0 Å². The van der Waals surface area contributed by atoms with Crippen LogP contribution >= 0.6 is 0 Å². The van der Waals surface area contributed by atoms with Gasteiger partial charge >= 0.3 is 0 Å². The minimum atomic E-state index is -0.0983. The van der Waals surface area contributed by atoms with Crippen molar-refractivity contribution < 1.29 is 4.79 Å². The van der Waals surface area contributed by atoms with Crippen LogP contribution in [0.25, 0.3) is 0 Å². The molecule has 0 heterocycles. The Kier molecular flexibility index (Phi) is 4.03. The number of amides is 1. The van der Waals surface area contributed by atoms with E-state index >= 15 is 0 Å². The number of benzene rings is 1. The van der Waals surface area contributed by atoms with Gasteiger partial charge in [-0.15, -0.1) is 0 Å². The van der Waals surface area contributed by atoms with Crippen molar-refractivity contribution in [3.63, 3.8) is 0 Å². The number of nitrogens with one attached hydrogen (secondary N) is 2. The molecule has 3 heteroatoms. The van der Waals surface area contributed by atoms with Gasteiger partial charge in [0.25, 0.3) is 0 Å². The third-order valence-electron chi connectivity index (χ3n) is 2.10. The van der Waals surface area contributed by atoms with Gasteiger partial charge in [-0.2, -0.15) is 0 Å². The summed E-state index contributed by atoms with van der Waals surface area (Å²) in [7, 11) is 0. The zero-order chi connectivity index (χ0) is 11.3. The zero-order valence-electron chi connectivity index (χ0n) is 9.08. The van der Waals surface area contributed by atoms with Crippen LogP contribution in [0.3, 0.4) is 0 Å². The Bertz CT molecular complexity index is 346. The SMILES string of the molecule is CC(=N)CC(=O)NC(C)c1ccccc1. The molecular formula is C12H16N2O. The van der Waals surface area contributed by atoms with Gasteiger partial charge in [-0.25, -0.2) is 0 Å². The number of rotatable bonds is 4. The average Bonchev–Trinajstić information content (AvgIpc) is 2.17. The molecule has 0 aliphatic heterocycles. The molecule has 80 valence electrons. The fraction of sp³-hybridized carbons (Fsp3) is 0.333. The van der Waals surface area contributed by atoms with Crippen LogP contribution in [0.5, 0.6) is 0 Å². The van der Waals surface area contributed by atoms with Gasteiger partial charge in [0.2, 0.25) is 5.91 Å². The highest BCUT2D eigenvalue weighted by Gasteiger charge is 2.08. The van der Waals surface area contributed by atoms with E-state index in [0.29, 0.717) is 5.71 Å². The molecule has 15 heavy (non-hydrogen) atoms. The number of hydrogen-bond donors (Lipinski definition) is 2. The van der Waals surface area contributed by atoms with Gasteiger partial charge in [0, 0.05) is 5.71 Å². The summed E-state index contributed by atoms with van der Waals surface area (Å²) >= 11 is 0. The molecule has 0 radical (unpaired) electrons. The standard InChI is InChI=1S/C12H16N2O/c1-9(13)8-12(15)14-10(2)11-6-4-3-5-7-11/h3-7,10,13H,8H2,1-2H3,(H,14,15). The molecule has 1 unspecified atom stereocenters. The van der Waals surface area contributed by atoms with Crippen molar-refractivity contribution in [3.05, 3.63) is 35.9 Å². The van der Waals surface area contributed by atoms with Crippen molar-refractivity contribution in [1.29, 1.82) is 5.41 Å². The first-order chi connectivity index (χ1) is 7.09. The summed E-state index contributed by atoms with van der Waals surface area (Å²) in [6.07, 6.45) is 0.178. The van der Waals surface area contributed by atoms with Gasteiger partial charge in [0.05, 0.1) is 12.5 Å². The quantitative estimate of drug-likeness (QED) is 0.726. The Morgan fingerprint density at radius 1 is 1.40 bits per heavy atom. The van der Waals surface area contributed by atoms with Crippen LogP contribution in [-0.2, 0) is 4.79 Å². The van der Waals surface area contributed by atoms with Gasteiger partial charge < -0.3 is 10.7 Å². The van der Waals surface area contributed by atoms with E-state index in [-0.39, 0.29) is 18.4 Å². The molecule has 3 nitrogen and oxygen atoms in total. The topological polar surface area (TPSA) is 53.0 Å². The Hall–Kier alpha value is -1.64. The second-order valence-electron chi connectivity index (χ2n) is 3.66. The highest BCUT2D eigenvalue weighted by Crippen LogP contribution is 2.10. The third kappa shape index (κ3) is 3.94. The Labute approximate surface area is 90.0 Å². The van der Waals surface area contributed by atoms with Crippen LogP contribution in [-0.4, -0.2) is 11.6 Å². The van der Waals surface area contributed by atoms with E-state index < -0.39 is 0 Å². The van der Waals surface area contributed by atoms with Crippen molar-refractivity contribution >= 4 is 11.6 Å². The van der Waals surface area contributed by atoms with Gasteiger partial charge in [-0.05, 0) is 19.4 Å². The van der Waals surface area contributed by atoms with Crippen molar-refractivity contribution in [2.75, 3.05) is 0 Å². The second-order valence-corrected chi connectivity index (χ2v) is 3.66. The predicted molar refractivity (Wildman–Crippen MR) is 61.0 cm³/mol. The monoisotopic (exact) mass is 204 g/mol. The summed E-state index contributed by atoms with van der Waals surface area (Å²) in [6, 6.07) is 9.78. The van der Waals surface area contributed by atoms with E-state index in [9.17, 15) is 4.79 Å². The Balaban J connectivity index is 2.53. The first-order valence-corrected chi connectivity index (χ1v) is 4.98. The van der Waals surface area contributed by atoms with Gasteiger partial charge in [0.1, 0.15) is 0 Å². The average molecular weight is 204 g/mol. The smallest absolute Gasteiger partial charge is 0.226 e. The van der Waals surface area contributed by atoms with Crippen molar-refractivity contribution in [3.8, 4) is 0 Å². The molecule has 2 N–H and O–H groups in total. The number of carbonyl (C=O) groups excluding carboxylic acids is 1. The lowest BCUT2D eigenvalue weighted by Crippen LogP contribution is -2.27. The van der Waals surface area contributed by atoms with E-state index in [1.54, 1.807) is 6.92 Å². The highest BCUT2D eigenvalue weighted by atomic mass is 16.1. The summed E-state index contributed by atoms with van der Waals surface area (Å²) in [6.45, 7) is 3.57. The summed E-state index contributed by atoms with van der Waals surface area (Å²) in [5.41, 5.74) is 1.46. The van der Waals surface area contributed by atoms with E-state index in [1.165, 1.54) is 0 Å². The van der Waals surface area contributed by atoms with E-state index in [0.717, 1.165) is 5.56 Å². The predicted octanol–water partition coefficient (Wildman–Crippen LogP) is 2.29. The van der Waals surface area contributed by atoms with Crippen molar-refractivity contribution in [1.82, 2.24) is 5.32 Å². The van der Waals surface area contributed by atoms with Gasteiger partial charge in [-0.3, -0.25) is 4.79 Å². The van der Waals surface area contributed by atoms with Crippen molar-refractivity contribution in [2.45, 2.75) is 26.3 Å². The van der Waals surface area contributed by atoms with E-state index in [4.69, 9.17) is 5.41 Å². The molecular weight excluding hydrogens is 188 g/mol. The minimum Gasteiger partial charge on any atom is -0.349 e. The molecule has 0 spiro atoms. The molecule has 1 atom stereocenters. The maximum Gasteiger partial charge on any atom is 0.226 e. The maximum absolute atomic E-state index is 11.4. The van der Waals surface area contributed by atoms with Crippen LogP contribution < -0.4 is 5.32 Å². The molecule has 0 bridgehead atoms. The van der Waals surface area contributed by atoms with Crippen LogP contribution in [0, 0.1) is 5.41 Å². The molecule has 0 fully saturated rings. The number of hydrogen-bond acceptors (Lipinski definition) is 2. The first kappa shape index (κ1) is 11.4. The molecule has 0 aliphatic carbocycles. The van der Waals surface area contributed by atoms with Crippen molar-refractivity contribution in [2.24, 2.45) is 0 Å². The molecule has 0 saturated heterocycles. The molecule has 1 aromatic rings. The van der Waals surface area contributed by atoms with Crippen LogP contribution in [0.2, 0.25) is 0 Å². The van der Waals surface area contributed by atoms with E-state index in [2.05, 4.69) is 5.32 Å². The zero-order valence-corrected chi connectivity index (χ0v) is 9.08. The summed E-state index contributed by atoms with van der Waals surface area (Å²) in [5, 5.41) is 10.1. The Morgan fingerprint density at radius 2 is 2.00 bits per heavy atom. The molecule has 0 aromatic heterocycles. The largest absolute Gasteiger partial charge is 0.349 e. The first-order valence-electron chi connectivity index (χ1n) is 4.98. The molecule has 0 saturated carbocycles. The third-order valence-corrected chi connectivity index (χ3v) is 2.10. The molecule has 1 rings (SSSR count). The summed E-state index contributed by atoms with van der Waals surface area (Å²) in [4.78, 5) is 11.4. The van der Waals surface area contributed by atoms with Crippen LogP contribution in [0.1, 0.15) is 31.9 Å². The fourth-order valence-electron chi connectivity index (χ4n) is 1.36. The molecule has 1 amide bonds. The lowest BCUT2D eigenvalue weighted by Gasteiger charge is -2.13. The maximum atomic E-state index is 11.4. The highest BCUT2D eigenvalue weighted by molar-refractivity contribution is 5.98. The normalized spacial score (nSPS) is 11.9. The fourth-order valence-corrected chi connectivity index (χ4v) is 1.36. The lowest BCUT2D eigenvalue weighted by molar-refractivity contribution is -0.120. The summed E-state index contributed by atoms with van der Waals surface area (Å²) < 4.78 is 0. The molecule has 1 aromatic carbocycles. The minimum absolute atomic E-state index is 0.00181. The van der Waals surface area contributed by atoms with E-state index in [1.807, 2.05) is 37.3 Å². The Morgan fingerprint density at radius 3 is 2.53 bits per heavy atom. The van der Waals surface area contributed by atoms with Gasteiger partial charge in [0.15, 0.2) is 0 Å². The molecule has 0 aliphatic rings. The second kappa shape index (κ2) is 5.29.